The Morgan fingerprint density at radius 1 is 1.26 bits per heavy atom. The number of nitrogen functional groups attached to an aromatic ring is 1. The number of nitrogens with zero attached hydrogens (tertiary/aromatic N) is 2. The minimum atomic E-state index is -0.349. The molecule has 3 N–H and O–H groups in total. The molecule has 0 unspecified atom stereocenters. The van der Waals surface area contributed by atoms with E-state index in [1.165, 1.54) is 6.07 Å². The molecule has 100 valence electrons. The molecule has 0 amide bonds. The minimum Gasteiger partial charge on any atom is -0.308 e. The van der Waals surface area contributed by atoms with Gasteiger partial charge < -0.3 is 5.43 Å². The average molecular weight is 325 g/mol. The maximum absolute atomic E-state index is 13.6. The summed E-state index contributed by atoms with van der Waals surface area (Å²) in [6, 6.07) is 6.56. The molecule has 0 aliphatic rings. The second-order valence-electron chi connectivity index (χ2n) is 4.43. The quantitative estimate of drug-likeness (QED) is 0.670. The third kappa shape index (κ3) is 3.08. The fourth-order valence-corrected chi connectivity index (χ4v) is 1.85. The van der Waals surface area contributed by atoms with Crippen molar-refractivity contribution in [2.24, 2.45) is 5.84 Å². The summed E-state index contributed by atoms with van der Waals surface area (Å²) in [5.41, 5.74) is 3.96. The van der Waals surface area contributed by atoms with Crippen LogP contribution in [0.4, 0.5) is 10.2 Å². The fourth-order valence-electron chi connectivity index (χ4n) is 1.60. The minimum absolute atomic E-state index is 0.231. The molecular formula is C13H14BrFN4. The van der Waals surface area contributed by atoms with E-state index in [0.717, 1.165) is 5.69 Å². The van der Waals surface area contributed by atoms with Gasteiger partial charge in [-0.25, -0.2) is 20.2 Å². The highest BCUT2D eigenvalue weighted by molar-refractivity contribution is 9.10. The number of hydrogen-bond acceptors (Lipinski definition) is 4. The zero-order valence-electron chi connectivity index (χ0n) is 10.6. The standard InChI is InChI=1S/C13H14BrFN4/c1-7(2)11-6-12(19-16)18-13(17-11)8-3-4-9(14)10(15)5-8/h3-7H,16H2,1-2H3,(H,17,18,19). The fraction of sp³-hybridized carbons (Fsp3) is 0.231. The van der Waals surface area contributed by atoms with Gasteiger partial charge in [0.1, 0.15) is 11.6 Å². The number of aromatic nitrogens is 2. The lowest BCUT2D eigenvalue weighted by atomic mass is 10.1. The lowest BCUT2D eigenvalue weighted by Gasteiger charge is -2.10. The van der Waals surface area contributed by atoms with E-state index in [-0.39, 0.29) is 11.7 Å². The van der Waals surface area contributed by atoms with Crippen LogP contribution in [0, 0.1) is 5.82 Å². The highest BCUT2D eigenvalue weighted by Gasteiger charge is 2.10. The molecule has 2 rings (SSSR count). The van der Waals surface area contributed by atoms with Crippen LogP contribution in [0.1, 0.15) is 25.5 Å². The molecule has 2 aromatic rings. The number of nitrogens with one attached hydrogen (secondary N) is 1. The van der Waals surface area contributed by atoms with Crippen molar-refractivity contribution in [1.82, 2.24) is 9.97 Å². The zero-order valence-corrected chi connectivity index (χ0v) is 12.2. The first kappa shape index (κ1) is 13.9. The van der Waals surface area contributed by atoms with E-state index >= 15 is 0 Å². The van der Waals surface area contributed by atoms with E-state index in [4.69, 9.17) is 5.84 Å². The van der Waals surface area contributed by atoms with Crippen LogP contribution in [0.2, 0.25) is 0 Å². The van der Waals surface area contributed by atoms with Crippen molar-refractivity contribution in [3.63, 3.8) is 0 Å². The SMILES string of the molecule is CC(C)c1cc(NN)nc(-c2ccc(Br)c(F)c2)n1. The van der Waals surface area contributed by atoms with Gasteiger partial charge in [0.15, 0.2) is 5.82 Å². The Morgan fingerprint density at radius 3 is 2.58 bits per heavy atom. The molecule has 6 heteroatoms. The predicted molar refractivity (Wildman–Crippen MR) is 77.0 cm³/mol. The summed E-state index contributed by atoms with van der Waals surface area (Å²) >= 11 is 3.12. The zero-order chi connectivity index (χ0) is 14.0. The van der Waals surface area contributed by atoms with Crippen LogP contribution in [0.25, 0.3) is 11.4 Å². The van der Waals surface area contributed by atoms with Gasteiger partial charge >= 0.3 is 0 Å². The molecule has 0 aliphatic carbocycles. The number of nitrogens with two attached hydrogens (primary N) is 1. The maximum Gasteiger partial charge on any atom is 0.161 e. The van der Waals surface area contributed by atoms with Crippen LogP contribution in [0.5, 0.6) is 0 Å². The van der Waals surface area contributed by atoms with Gasteiger partial charge in [0.25, 0.3) is 0 Å². The first-order valence-corrected chi connectivity index (χ1v) is 6.61. The second-order valence-corrected chi connectivity index (χ2v) is 5.28. The summed E-state index contributed by atoms with van der Waals surface area (Å²) < 4.78 is 14.0. The van der Waals surface area contributed by atoms with E-state index < -0.39 is 0 Å². The number of anilines is 1. The Hall–Kier alpha value is -1.53. The molecule has 0 atom stereocenters. The molecule has 4 nitrogen and oxygen atoms in total. The Bertz CT molecular complexity index is 601. The largest absolute Gasteiger partial charge is 0.308 e. The molecule has 1 aromatic heterocycles. The number of halogens is 2. The second kappa shape index (κ2) is 5.63. The lowest BCUT2D eigenvalue weighted by molar-refractivity contribution is 0.621. The highest BCUT2D eigenvalue weighted by Crippen LogP contribution is 2.25. The van der Waals surface area contributed by atoms with E-state index in [1.807, 2.05) is 13.8 Å². The van der Waals surface area contributed by atoms with Gasteiger partial charge in [-0.1, -0.05) is 13.8 Å². The first-order valence-electron chi connectivity index (χ1n) is 5.82. The van der Waals surface area contributed by atoms with Gasteiger partial charge in [-0.05, 0) is 40.0 Å². The summed E-state index contributed by atoms with van der Waals surface area (Å²) in [5.74, 6) is 6.24. The topological polar surface area (TPSA) is 63.8 Å². The number of rotatable bonds is 3. The Balaban J connectivity index is 2.54. The van der Waals surface area contributed by atoms with Crippen LogP contribution in [0.15, 0.2) is 28.7 Å². The van der Waals surface area contributed by atoms with Crippen LogP contribution in [-0.2, 0) is 0 Å². The van der Waals surface area contributed by atoms with Gasteiger partial charge in [-0.3, -0.25) is 0 Å². The molecule has 0 saturated heterocycles. The van der Waals surface area contributed by atoms with Crippen molar-refractivity contribution in [1.29, 1.82) is 0 Å². The third-order valence-electron chi connectivity index (χ3n) is 2.66. The van der Waals surface area contributed by atoms with Gasteiger partial charge in [-0.15, -0.1) is 0 Å². The molecular weight excluding hydrogens is 311 g/mol. The van der Waals surface area contributed by atoms with Crippen LogP contribution in [-0.4, -0.2) is 9.97 Å². The van der Waals surface area contributed by atoms with Gasteiger partial charge in [-0.2, -0.15) is 0 Å². The monoisotopic (exact) mass is 324 g/mol. The van der Waals surface area contributed by atoms with E-state index in [0.29, 0.717) is 21.7 Å². The van der Waals surface area contributed by atoms with E-state index in [1.54, 1.807) is 18.2 Å². The van der Waals surface area contributed by atoms with Crippen molar-refractivity contribution in [2.45, 2.75) is 19.8 Å². The molecule has 1 aromatic carbocycles. The Labute approximate surface area is 119 Å². The summed E-state index contributed by atoms with van der Waals surface area (Å²) in [5, 5.41) is 0. The van der Waals surface area contributed by atoms with Crippen LogP contribution >= 0.6 is 15.9 Å². The maximum atomic E-state index is 13.6. The van der Waals surface area contributed by atoms with E-state index in [9.17, 15) is 4.39 Å². The third-order valence-corrected chi connectivity index (χ3v) is 3.31. The van der Waals surface area contributed by atoms with Crippen LogP contribution in [0.3, 0.4) is 0 Å². The number of hydrazine groups is 1. The van der Waals surface area contributed by atoms with Crippen molar-refractivity contribution < 1.29 is 4.39 Å². The Morgan fingerprint density at radius 2 is 2.00 bits per heavy atom. The van der Waals surface area contributed by atoms with Crippen molar-refractivity contribution in [3.05, 3.63) is 40.2 Å². The molecule has 0 saturated carbocycles. The smallest absolute Gasteiger partial charge is 0.161 e. The summed E-state index contributed by atoms with van der Waals surface area (Å²) in [4.78, 5) is 8.68. The summed E-state index contributed by atoms with van der Waals surface area (Å²) in [7, 11) is 0. The molecule has 0 bridgehead atoms. The summed E-state index contributed by atoms with van der Waals surface area (Å²) in [6.07, 6.45) is 0. The van der Waals surface area contributed by atoms with Crippen molar-refractivity contribution in [3.8, 4) is 11.4 Å². The predicted octanol–water partition coefficient (Wildman–Crippen LogP) is 3.45. The Kier molecular flexibility index (Phi) is 4.11. The van der Waals surface area contributed by atoms with Gasteiger partial charge in [0.05, 0.1) is 4.47 Å². The molecule has 1 heterocycles. The average Bonchev–Trinajstić information content (AvgIpc) is 2.41. The molecule has 0 radical (unpaired) electrons. The molecule has 0 fully saturated rings. The van der Waals surface area contributed by atoms with Crippen LogP contribution < -0.4 is 11.3 Å². The molecule has 0 spiro atoms. The van der Waals surface area contributed by atoms with E-state index in [2.05, 4.69) is 31.3 Å². The van der Waals surface area contributed by atoms with Crippen molar-refractivity contribution in [2.75, 3.05) is 5.43 Å². The van der Waals surface area contributed by atoms with Crippen molar-refractivity contribution >= 4 is 21.7 Å². The number of benzene rings is 1. The lowest BCUT2D eigenvalue weighted by Crippen LogP contribution is -2.11. The summed E-state index contributed by atoms with van der Waals surface area (Å²) in [6.45, 7) is 4.04. The molecule has 19 heavy (non-hydrogen) atoms. The highest BCUT2D eigenvalue weighted by atomic mass is 79.9. The number of hydrogen-bond donors (Lipinski definition) is 2. The molecule has 0 aliphatic heterocycles. The van der Waals surface area contributed by atoms with Gasteiger partial charge in [0.2, 0.25) is 0 Å². The normalized spacial score (nSPS) is 10.8. The van der Waals surface area contributed by atoms with Gasteiger partial charge in [0, 0.05) is 17.3 Å². The first-order chi connectivity index (χ1) is 9.01.